The second-order valence-corrected chi connectivity index (χ2v) is 9.96. The molecule has 0 saturated carbocycles. The molecule has 5 aromatic rings. The van der Waals surface area contributed by atoms with Crippen LogP contribution in [0.5, 0.6) is 0 Å². The standard InChI is InChI=1S/C34H32N2S/c1-25-18-20-27(21-19-25)22-31-33(30-16-10-5-11-17-30)32(34(37)35-23-28-12-6-3-7-13-28)26(2)36(31)24-29-14-8-4-9-15-29/h3-21H,22-24H2,1-2H3,(H,35,37). The van der Waals surface area contributed by atoms with Gasteiger partial charge in [0.05, 0.1) is 0 Å². The van der Waals surface area contributed by atoms with Gasteiger partial charge in [0.25, 0.3) is 0 Å². The summed E-state index contributed by atoms with van der Waals surface area (Å²) in [5.41, 5.74) is 11.1. The van der Waals surface area contributed by atoms with Crippen molar-refractivity contribution in [3.63, 3.8) is 0 Å². The van der Waals surface area contributed by atoms with Crippen LogP contribution in [0, 0.1) is 13.8 Å². The smallest absolute Gasteiger partial charge is 0.109 e. The van der Waals surface area contributed by atoms with Crippen LogP contribution in [0.1, 0.15) is 39.2 Å². The summed E-state index contributed by atoms with van der Waals surface area (Å²) in [6, 6.07) is 40.7. The first-order chi connectivity index (χ1) is 18.1. The summed E-state index contributed by atoms with van der Waals surface area (Å²) in [4.78, 5) is 0.789. The predicted molar refractivity (Wildman–Crippen MR) is 159 cm³/mol. The molecule has 1 N–H and O–H groups in total. The van der Waals surface area contributed by atoms with Gasteiger partial charge in [0.15, 0.2) is 0 Å². The van der Waals surface area contributed by atoms with Crippen LogP contribution in [0.3, 0.4) is 0 Å². The highest BCUT2D eigenvalue weighted by molar-refractivity contribution is 7.80. The molecule has 0 aliphatic heterocycles. The Morgan fingerprint density at radius 3 is 1.86 bits per heavy atom. The molecule has 0 bridgehead atoms. The summed E-state index contributed by atoms with van der Waals surface area (Å²) in [5.74, 6) is 0. The molecule has 0 aliphatic carbocycles. The number of benzene rings is 4. The molecule has 5 rings (SSSR count). The lowest BCUT2D eigenvalue weighted by Gasteiger charge is -2.14. The molecule has 3 heteroatoms. The van der Waals surface area contributed by atoms with Crippen LogP contribution in [-0.2, 0) is 19.5 Å². The van der Waals surface area contributed by atoms with Crippen molar-refractivity contribution in [1.82, 2.24) is 9.88 Å². The van der Waals surface area contributed by atoms with Gasteiger partial charge in [-0.1, -0.05) is 133 Å². The van der Waals surface area contributed by atoms with Crippen LogP contribution in [-0.4, -0.2) is 9.56 Å². The van der Waals surface area contributed by atoms with Crippen molar-refractivity contribution < 1.29 is 0 Å². The van der Waals surface area contributed by atoms with Crippen LogP contribution in [0.4, 0.5) is 0 Å². The lowest BCUT2D eigenvalue weighted by molar-refractivity contribution is 0.734. The van der Waals surface area contributed by atoms with E-state index in [0.717, 1.165) is 23.5 Å². The van der Waals surface area contributed by atoms with E-state index in [1.165, 1.54) is 44.8 Å². The lowest BCUT2D eigenvalue weighted by atomic mass is 9.96. The highest BCUT2D eigenvalue weighted by Gasteiger charge is 2.24. The van der Waals surface area contributed by atoms with Gasteiger partial charge in [-0.15, -0.1) is 0 Å². The minimum absolute atomic E-state index is 0.699. The molecular weight excluding hydrogens is 468 g/mol. The maximum absolute atomic E-state index is 6.09. The first kappa shape index (κ1) is 24.7. The van der Waals surface area contributed by atoms with Crippen LogP contribution < -0.4 is 5.32 Å². The third-order valence-electron chi connectivity index (χ3n) is 6.89. The quantitative estimate of drug-likeness (QED) is 0.218. The van der Waals surface area contributed by atoms with E-state index in [1.807, 2.05) is 6.07 Å². The Morgan fingerprint density at radius 2 is 1.24 bits per heavy atom. The van der Waals surface area contributed by atoms with Gasteiger partial charge in [0.1, 0.15) is 4.99 Å². The van der Waals surface area contributed by atoms with Crippen molar-refractivity contribution in [3.05, 3.63) is 154 Å². The van der Waals surface area contributed by atoms with Gasteiger partial charge in [0, 0.05) is 42.0 Å². The SMILES string of the molecule is Cc1ccc(Cc2c(-c3ccccc3)c(C(=S)NCc3ccccc3)c(C)n2Cc2ccccc2)cc1. The van der Waals surface area contributed by atoms with Gasteiger partial charge in [-0.25, -0.2) is 0 Å². The van der Waals surface area contributed by atoms with Crippen LogP contribution in [0.15, 0.2) is 115 Å². The molecule has 1 aromatic heterocycles. The number of hydrogen-bond donors (Lipinski definition) is 1. The molecule has 184 valence electrons. The van der Waals surface area contributed by atoms with E-state index in [0.29, 0.717) is 6.54 Å². The number of hydrogen-bond acceptors (Lipinski definition) is 1. The van der Waals surface area contributed by atoms with Crippen molar-refractivity contribution in [2.24, 2.45) is 0 Å². The predicted octanol–water partition coefficient (Wildman–Crippen LogP) is 7.88. The largest absolute Gasteiger partial charge is 0.372 e. The molecule has 2 nitrogen and oxygen atoms in total. The van der Waals surface area contributed by atoms with Gasteiger partial charge < -0.3 is 9.88 Å². The Kier molecular flexibility index (Phi) is 7.62. The van der Waals surface area contributed by atoms with Gasteiger partial charge in [-0.2, -0.15) is 0 Å². The second-order valence-electron chi connectivity index (χ2n) is 9.55. The minimum Gasteiger partial charge on any atom is -0.372 e. The summed E-state index contributed by atoms with van der Waals surface area (Å²) < 4.78 is 2.46. The molecular formula is C34H32N2S. The summed E-state index contributed by atoms with van der Waals surface area (Å²) in [5, 5.41) is 3.56. The van der Waals surface area contributed by atoms with E-state index < -0.39 is 0 Å². The number of rotatable bonds is 8. The molecule has 0 radical (unpaired) electrons. The third kappa shape index (κ3) is 5.73. The third-order valence-corrected chi connectivity index (χ3v) is 7.24. The molecule has 1 heterocycles. The monoisotopic (exact) mass is 500 g/mol. The molecule has 0 atom stereocenters. The van der Waals surface area contributed by atoms with Crippen molar-refractivity contribution in [3.8, 4) is 11.1 Å². The lowest BCUT2D eigenvalue weighted by Crippen LogP contribution is -2.23. The highest BCUT2D eigenvalue weighted by atomic mass is 32.1. The topological polar surface area (TPSA) is 17.0 Å². The van der Waals surface area contributed by atoms with E-state index in [4.69, 9.17) is 12.2 Å². The molecule has 4 aromatic carbocycles. The summed E-state index contributed by atoms with van der Waals surface area (Å²) >= 11 is 6.09. The van der Waals surface area contributed by atoms with E-state index in [1.54, 1.807) is 0 Å². The van der Waals surface area contributed by atoms with E-state index >= 15 is 0 Å². The first-order valence-electron chi connectivity index (χ1n) is 12.8. The average Bonchev–Trinajstić information content (AvgIpc) is 3.21. The molecule has 0 saturated heterocycles. The molecule has 37 heavy (non-hydrogen) atoms. The van der Waals surface area contributed by atoms with Crippen molar-refractivity contribution >= 4 is 17.2 Å². The zero-order valence-electron chi connectivity index (χ0n) is 21.4. The fourth-order valence-electron chi connectivity index (χ4n) is 4.92. The summed E-state index contributed by atoms with van der Waals surface area (Å²) in [7, 11) is 0. The molecule has 0 aliphatic rings. The Hall–Kier alpha value is -3.95. The maximum atomic E-state index is 6.09. The zero-order valence-corrected chi connectivity index (χ0v) is 22.3. The van der Waals surface area contributed by atoms with E-state index in [9.17, 15) is 0 Å². The van der Waals surface area contributed by atoms with E-state index in [-0.39, 0.29) is 0 Å². The van der Waals surface area contributed by atoms with Gasteiger partial charge in [-0.05, 0) is 36.1 Å². The highest BCUT2D eigenvalue weighted by Crippen LogP contribution is 2.35. The number of nitrogens with one attached hydrogen (secondary N) is 1. The average molecular weight is 501 g/mol. The van der Waals surface area contributed by atoms with Gasteiger partial charge >= 0.3 is 0 Å². The Morgan fingerprint density at radius 1 is 0.676 bits per heavy atom. The van der Waals surface area contributed by atoms with Gasteiger partial charge in [-0.3, -0.25) is 0 Å². The first-order valence-corrected chi connectivity index (χ1v) is 13.2. The van der Waals surface area contributed by atoms with Crippen LogP contribution in [0.25, 0.3) is 11.1 Å². The van der Waals surface area contributed by atoms with Crippen molar-refractivity contribution in [1.29, 1.82) is 0 Å². The maximum Gasteiger partial charge on any atom is 0.109 e. The number of thiocarbonyl (C=S) groups is 1. The van der Waals surface area contributed by atoms with Crippen LogP contribution in [0.2, 0.25) is 0 Å². The van der Waals surface area contributed by atoms with Crippen molar-refractivity contribution in [2.45, 2.75) is 33.4 Å². The Bertz CT molecular complexity index is 1470. The fourth-order valence-corrected chi connectivity index (χ4v) is 5.24. The number of aryl methyl sites for hydroxylation is 1. The molecule has 0 unspecified atom stereocenters. The summed E-state index contributed by atoms with van der Waals surface area (Å²) in [6.45, 7) is 5.84. The zero-order chi connectivity index (χ0) is 25.6. The second kappa shape index (κ2) is 11.4. The Labute approximate surface area is 225 Å². The van der Waals surface area contributed by atoms with Gasteiger partial charge in [0.2, 0.25) is 0 Å². The van der Waals surface area contributed by atoms with Crippen molar-refractivity contribution in [2.75, 3.05) is 0 Å². The molecule has 0 amide bonds. The fraction of sp³-hybridized carbons (Fsp3) is 0.147. The molecule has 0 spiro atoms. The molecule has 0 fully saturated rings. The summed E-state index contributed by atoms with van der Waals surface area (Å²) in [6.07, 6.45) is 0.833. The van der Waals surface area contributed by atoms with E-state index in [2.05, 4.69) is 133 Å². The minimum atomic E-state index is 0.699. The Balaban J connectivity index is 1.64. The number of aromatic nitrogens is 1. The van der Waals surface area contributed by atoms with Crippen LogP contribution >= 0.6 is 12.2 Å². The normalized spacial score (nSPS) is 10.9. The number of nitrogens with zero attached hydrogens (tertiary/aromatic N) is 1.